The second-order valence-corrected chi connectivity index (χ2v) is 8.19. The second-order valence-electron chi connectivity index (χ2n) is 5.93. The summed E-state index contributed by atoms with van der Waals surface area (Å²) in [7, 11) is 0. The van der Waals surface area contributed by atoms with E-state index in [2.05, 4.69) is 91.5 Å². The van der Waals surface area contributed by atoms with E-state index in [1.165, 1.54) is 35.9 Å². The van der Waals surface area contributed by atoms with Gasteiger partial charge < -0.3 is 0 Å². The molecule has 0 unspecified atom stereocenters. The summed E-state index contributed by atoms with van der Waals surface area (Å²) in [6.07, 6.45) is 1.93. The average Bonchev–Trinajstić information content (AvgIpc) is 2.69. The number of hydrogen-bond acceptors (Lipinski definition) is 2. The van der Waals surface area contributed by atoms with Crippen molar-refractivity contribution in [2.45, 2.75) is 19.6 Å². The van der Waals surface area contributed by atoms with Crippen LogP contribution in [0.5, 0.6) is 0 Å². The van der Waals surface area contributed by atoms with Gasteiger partial charge in [0.1, 0.15) is 0 Å². The van der Waals surface area contributed by atoms with E-state index in [9.17, 15) is 0 Å². The quantitative estimate of drug-likeness (QED) is 0.352. The van der Waals surface area contributed by atoms with Crippen LogP contribution in [-0.4, -0.2) is 0 Å². The topological polar surface area (TPSA) is 0 Å². The lowest BCUT2D eigenvalue weighted by atomic mass is 10.1. The van der Waals surface area contributed by atoms with Gasteiger partial charge in [-0.15, -0.1) is 0 Å². The maximum Gasteiger partial charge on any atom is 0.0205 e. The van der Waals surface area contributed by atoms with Gasteiger partial charge in [-0.2, -0.15) is 0 Å². The number of fused-ring (bicyclic) bond motifs is 1. The summed E-state index contributed by atoms with van der Waals surface area (Å²) in [5.41, 5.74) is 1.17. The lowest BCUT2D eigenvalue weighted by molar-refractivity contribution is 1.29. The highest BCUT2D eigenvalue weighted by molar-refractivity contribution is 8.00. The van der Waals surface area contributed by atoms with Crippen LogP contribution < -0.4 is 0 Å². The molecule has 0 bridgehead atoms. The van der Waals surface area contributed by atoms with Crippen LogP contribution in [0.3, 0.4) is 0 Å². The van der Waals surface area contributed by atoms with Gasteiger partial charge in [-0.25, -0.2) is 0 Å². The van der Waals surface area contributed by atoms with Gasteiger partial charge in [0.05, 0.1) is 0 Å². The lowest BCUT2D eigenvalue weighted by Gasteiger charge is -2.10. The Bertz CT molecular complexity index is 1050. The maximum absolute atomic E-state index is 3.98. The SMILES string of the molecule is C=Cc1ccc(Sc2ccccc2)cc1Sc1ccc2ccccc2c1. The Kier molecular flexibility index (Phi) is 5.14. The van der Waals surface area contributed by atoms with Gasteiger partial charge in [0.15, 0.2) is 0 Å². The zero-order chi connectivity index (χ0) is 17.8. The number of hydrogen-bond donors (Lipinski definition) is 0. The smallest absolute Gasteiger partial charge is 0.0205 e. The first kappa shape index (κ1) is 17.0. The van der Waals surface area contributed by atoms with Crippen LogP contribution in [0.25, 0.3) is 16.8 Å². The van der Waals surface area contributed by atoms with E-state index < -0.39 is 0 Å². The van der Waals surface area contributed by atoms with E-state index in [0.717, 1.165) is 0 Å². The Balaban J connectivity index is 1.65. The molecule has 126 valence electrons. The minimum absolute atomic E-state index is 1.17. The molecule has 4 rings (SSSR count). The van der Waals surface area contributed by atoms with Crippen LogP contribution >= 0.6 is 23.5 Å². The highest BCUT2D eigenvalue weighted by Gasteiger charge is 2.06. The standard InChI is InChI=1S/C24H18S2/c1-2-18-12-14-23(25-21-10-4-3-5-11-21)17-24(18)26-22-15-13-19-8-6-7-9-20(19)16-22/h2-17H,1H2. The van der Waals surface area contributed by atoms with Crippen LogP contribution in [0.4, 0.5) is 0 Å². The Labute approximate surface area is 163 Å². The third kappa shape index (κ3) is 3.87. The average molecular weight is 371 g/mol. The predicted octanol–water partition coefficient (Wildman–Crippen LogP) is 7.79. The molecule has 0 aliphatic heterocycles. The Hall–Kier alpha value is -2.42. The van der Waals surface area contributed by atoms with Gasteiger partial charge in [0.2, 0.25) is 0 Å². The molecule has 0 radical (unpaired) electrons. The van der Waals surface area contributed by atoms with Crippen molar-refractivity contribution in [3.8, 4) is 0 Å². The van der Waals surface area contributed by atoms with E-state index in [1.807, 2.05) is 12.1 Å². The van der Waals surface area contributed by atoms with Crippen molar-refractivity contribution in [2.75, 3.05) is 0 Å². The van der Waals surface area contributed by atoms with Crippen LogP contribution in [0.15, 0.2) is 117 Å². The zero-order valence-electron chi connectivity index (χ0n) is 14.3. The molecule has 0 aliphatic rings. The summed E-state index contributed by atoms with van der Waals surface area (Å²) in [6, 6.07) is 32.2. The minimum Gasteiger partial charge on any atom is -0.0984 e. The normalized spacial score (nSPS) is 10.8. The van der Waals surface area contributed by atoms with Crippen LogP contribution in [0.2, 0.25) is 0 Å². The molecule has 2 heteroatoms. The third-order valence-electron chi connectivity index (χ3n) is 4.13. The number of rotatable bonds is 5. The van der Waals surface area contributed by atoms with Crippen LogP contribution in [0.1, 0.15) is 5.56 Å². The Morgan fingerprint density at radius 1 is 0.577 bits per heavy atom. The fraction of sp³-hybridized carbons (Fsp3) is 0. The molecule has 0 aromatic heterocycles. The molecule has 4 aromatic carbocycles. The largest absolute Gasteiger partial charge is 0.0984 e. The van der Waals surface area contributed by atoms with Gasteiger partial charge in [-0.1, -0.05) is 90.8 Å². The molecule has 0 aliphatic carbocycles. The third-order valence-corrected chi connectivity index (χ3v) is 6.19. The Morgan fingerprint density at radius 2 is 1.27 bits per heavy atom. The molecule has 0 N–H and O–H groups in total. The van der Waals surface area contributed by atoms with E-state index in [-0.39, 0.29) is 0 Å². The first-order chi connectivity index (χ1) is 12.8. The summed E-state index contributed by atoms with van der Waals surface area (Å²) >= 11 is 3.58. The van der Waals surface area contributed by atoms with Gasteiger partial charge in [-0.05, 0) is 52.7 Å². The van der Waals surface area contributed by atoms with Crippen molar-refractivity contribution in [3.05, 3.63) is 103 Å². The van der Waals surface area contributed by atoms with Crippen LogP contribution in [-0.2, 0) is 0 Å². The van der Waals surface area contributed by atoms with Crippen molar-refractivity contribution in [1.82, 2.24) is 0 Å². The lowest BCUT2D eigenvalue weighted by Crippen LogP contribution is -1.83. The molecule has 0 saturated carbocycles. The minimum atomic E-state index is 1.17. The van der Waals surface area contributed by atoms with Gasteiger partial charge in [-0.3, -0.25) is 0 Å². The summed E-state index contributed by atoms with van der Waals surface area (Å²) in [5, 5.41) is 2.54. The molecular formula is C24H18S2. The molecule has 26 heavy (non-hydrogen) atoms. The van der Waals surface area contributed by atoms with E-state index in [4.69, 9.17) is 0 Å². The molecule has 4 aromatic rings. The Morgan fingerprint density at radius 3 is 2.08 bits per heavy atom. The fourth-order valence-corrected chi connectivity index (χ4v) is 4.80. The van der Waals surface area contributed by atoms with Gasteiger partial charge in [0.25, 0.3) is 0 Å². The second kappa shape index (κ2) is 7.86. The van der Waals surface area contributed by atoms with Crippen molar-refractivity contribution in [3.63, 3.8) is 0 Å². The summed E-state index contributed by atoms with van der Waals surface area (Å²) in [6.45, 7) is 3.98. The highest BCUT2D eigenvalue weighted by Crippen LogP contribution is 2.37. The molecule has 0 heterocycles. The molecular weight excluding hydrogens is 352 g/mol. The van der Waals surface area contributed by atoms with E-state index in [1.54, 1.807) is 23.5 Å². The molecule has 0 nitrogen and oxygen atoms in total. The van der Waals surface area contributed by atoms with Gasteiger partial charge in [0, 0.05) is 19.6 Å². The first-order valence-corrected chi connectivity index (χ1v) is 10.1. The monoisotopic (exact) mass is 370 g/mol. The molecule has 0 amide bonds. The zero-order valence-corrected chi connectivity index (χ0v) is 15.9. The van der Waals surface area contributed by atoms with E-state index in [0.29, 0.717) is 0 Å². The summed E-state index contributed by atoms with van der Waals surface area (Å²) in [5.74, 6) is 0. The molecule has 0 saturated heterocycles. The van der Waals surface area contributed by atoms with E-state index >= 15 is 0 Å². The van der Waals surface area contributed by atoms with Gasteiger partial charge >= 0.3 is 0 Å². The van der Waals surface area contributed by atoms with Crippen LogP contribution in [0, 0.1) is 0 Å². The summed E-state index contributed by atoms with van der Waals surface area (Å²) < 4.78 is 0. The van der Waals surface area contributed by atoms with Crippen molar-refractivity contribution >= 4 is 40.4 Å². The molecule has 0 spiro atoms. The number of benzene rings is 4. The highest BCUT2D eigenvalue weighted by atomic mass is 32.2. The molecule has 0 atom stereocenters. The fourth-order valence-electron chi connectivity index (χ4n) is 2.82. The summed E-state index contributed by atoms with van der Waals surface area (Å²) in [4.78, 5) is 4.97. The maximum atomic E-state index is 3.98. The first-order valence-electron chi connectivity index (χ1n) is 8.48. The van der Waals surface area contributed by atoms with Crippen molar-refractivity contribution < 1.29 is 0 Å². The van der Waals surface area contributed by atoms with Crippen molar-refractivity contribution in [2.24, 2.45) is 0 Å². The predicted molar refractivity (Wildman–Crippen MR) is 115 cm³/mol. The molecule has 0 fully saturated rings. The van der Waals surface area contributed by atoms with Crippen molar-refractivity contribution in [1.29, 1.82) is 0 Å².